The minimum Gasteiger partial charge on any atom is -0.497 e. The van der Waals surface area contributed by atoms with Gasteiger partial charge in [0.1, 0.15) is 23.9 Å². The van der Waals surface area contributed by atoms with E-state index < -0.39 is 17.8 Å². The van der Waals surface area contributed by atoms with Crippen LogP contribution < -0.4 is 14.8 Å². The number of methoxy groups -OCH3 is 2. The van der Waals surface area contributed by atoms with Crippen LogP contribution in [0.5, 0.6) is 11.5 Å². The van der Waals surface area contributed by atoms with Crippen LogP contribution in [-0.4, -0.2) is 61.9 Å². The lowest BCUT2D eigenvalue weighted by molar-refractivity contribution is -0.133. The minimum absolute atomic E-state index is 0.197. The summed E-state index contributed by atoms with van der Waals surface area (Å²) in [6.07, 6.45) is 1.08. The first kappa shape index (κ1) is 24.0. The Bertz CT molecular complexity index is 1040. The number of likely N-dealkylation sites (N-methyl/N-ethyl adjacent to an activating group) is 1. The van der Waals surface area contributed by atoms with Crippen LogP contribution in [0.15, 0.2) is 47.6 Å². The standard InChI is InChI=1S/C24H29FN4O4/c1-5-12-26-24(31)28(2)15-23(30)29-21(17-8-6-7-9-19(17)25)14-20(27-29)18-11-10-16(32-3)13-22(18)33-4/h6-11,13,21H,5,12,14-15H2,1-4H3,(H,26,31). The third kappa shape index (κ3) is 5.42. The zero-order chi connectivity index (χ0) is 24.0. The number of nitrogens with one attached hydrogen (secondary N) is 1. The van der Waals surface area contributed by atoms with E-state index in [4.69, 9.17) is 9.47 Å². The predicted octanol–water partition coefficient (Wildman–Crippen LogP) is 3.57. The van der Waals surface area contributed by atoms with Gasteiger partial charge < -0.3 is 19.7 Å². The summed E-state index contributed by atoms with van der Waals surface area (Å²) in [6.45, 7) is 2.26. The molecule has 0 spiro atoms. The molecule has 1 aliphatic rings. The van der Waals surface area contributed by atoms with Crippen molar-refractivity contribution in [3.05, 3.63) is 59.4 Å². The van der Waals surface area contributed by atoms with Crippen LogP contribution in [0.2, 0.25) is 0 Å². The van der Waals surface area contributed by atoms with Gasteiger partial charge in [0.15, 0.2) is 0 Å². The van der Waals surface area contributed by atoms with Gasteiger partial charge in [-0.2, -0.15) is 5.10 Å². The Kier molecular flexibility index (Phi) is 7.87. The van der Waals surface area contributed by atoms with Gasteiger partial charge in [-0.3, -0.25) is 4.79 Å². The molecule has 0 bridgehead atoms. The Morgan fingerprint density at radius 2 is 1.97 bits per heavy atom. The summed E-state index contributed by atoms with van der Waals surface area (Å²) in [6, 6.07) is 10.6. The Labute approximate surface area is 193 Å². The second-order valence-electron chi connectivity index (χ2n) is 7.68. The largest absolute Gasteiger partial charge is 0.497 e. The summed E-state index contributed by atoms with van der Waals surface area (Å²) < 4.78 is 25.4. The second-order valence-corrected chi connectivity index (χ2v) is 7.68. The van der Waals surface area contributed by atoms with Gasteiger partial charge in [0.05, 0.1) is 26.0 Å². The van der Waals surface area contributed by atoms with Gasteiger partial charge in [-0.05, 0) is 24.6 Å². The number of urea groups is 1. The van der Waals surface area contributed by atoms with Crippen LogP contribution in [0.3, 0.4) is 0 Å². The van der Waals surface area contributed by atoms with Gasteiger partial charge in [-0.25, -0.2) is 14.2 Å². The lowest BCUT2D eigenvalue weighted by Crippen LogP contribution is -2.43. The van der Waals surface area contributed by atoms with Crippen molar-refractivity contribution in [3.63, 3.8) is 0 Å². The Morgan fingerprint density at radius 1 is 1.21 bits per heavy atom. The van der Waals surface area contributed by atoms with Crippen molar-refractivity contribution in [2.24, 2.45) is 5.10 Å². The summed E-state index contributed by atoms with van der Waals surface area (Å²) >= 11 is 0. The highest BCUT2D eigenvalue weighted by Gasteiger charge is 2.36. The summed E-state index contributed by atoms with van der Waals surface area (Å²) in [5, 5.41) is 8.55. The van der Waals surface area contributed by atoms with Gasteiger partial charge in [0.25, 0.3) is 5.91 Å². The molecule has 0 fully saturated rings. The SMILES string of the molecule is CCCNC(=O)N(C)CC(=O)N1N=C(c2ccc(OC)cc2OC)CC1c1ccccc1F. The molecule has 3 rings (SSSR count). The van der Waals surface area contributed by atoms with Crippen LogP contribution >= 0.6 is 0 Å². The first-order valence-corrected chi connectivity index (χ1v) is 10.7. The van der Waals surface area contributed by atoms with Gasteiger partial charge >= 0.3 is 6.03 Å². The van der Waals surface area contributed by atoms with E-state index in [1.165, 1.54) is 30.1 Å². The number of ether oxygens (including phenoxy) is 2. The number of carbonyl (C=O) groups is 2. The first-order chi connectivity index (χ1) is 15.9. The monoisotopic (exact) mass is 456 g/mol. The third-order valence-corrected chi connectivity index (χ3v) is 5.40. The molecule has 3 amide bonds. The molecule has 0 saturated heterocycles. The van der Waals surface area contributed by atoms with Crippen LogP contribution in [0.4, 0.5) is 9.18 Å². The maximum absolute atomic E-state index is 14.7. The van der Waals surface area contributed by atoms with Crippen molar-refractivity contribution in [2.45, 2.75) is 25.8 Å². The van der Waals surface area contributed by atoms with E-state index in [0.717, 1.165) is 6.42 Å². The molecule has 0 saturated carbocycles. The summed E-state index contributed by atoms with van der Waals surface area (Å²) in [7, 11) is 4.63. The average molecular weight is 457 g/mol. The van der Waals surface area contributed by atoms with Crippen molar-refractivity contribution in [1.82, 2.24) is 15.2 Å². The molecule has 2 aromatic carbocycles. The lowest BCUT2D eigenvalue weighted by atomic mass is 9.97. The molecule has 1 unspecified atom stereocenters. The second kappa shape index (κ2) is 10.8. The molecule has 0 aromatic heterocycles. The number of rotatable bonds is 8. The zero-order valence-corrected chi connectivity index (χ0v) is 19.3. The molecule has 1 aliphatic heterocycles. The quantitative estimate of drug-likeness (QED) is 0.658. The molecular formula is C24H29FN4O4. The van der Waals surface area contributed by atoms with Crippen LogP contribution in [0, 0.1) is 5.82 Å². The minimum atomic E-state index is -0.646. The Morgan fingerprint density at radius 3 is 2.64 bits per heavy atom. The van der Waals surface area contributed by atoms with Crippen molar-refractivity contribution in [1.29, 1.82) is 0 Å². The smallest absolute Gasteiger partial charge is 0.317 e. The van der Waals surface area contributed by atoms with Gasteiger partial charge in [-0.15, -0.1) is 0 Å². The Balaban J connectivity index is 1.93. The average Bonchev–Trinajstić information content (AvgIpc) is 3.27. The molecule has 9 heteroatoms. The van der Waals surface area contributed by atoms with E-state index in [1.54, 1.807) is 43.5 Å². The van der Waals surface area contributed by atoms with Gasteiger partial charge in [0.2, 0.25) is 0 Å². The number of amides is 3. The summed E-state index contributed by atoms with van der Waals surface area (Å²) in [5.74, 6) is 0.311. The Hall–Kier alpha value is -3.62. The van der Waals surface area contributed by atoms with Crippen LogP contribution in [0.25, 0.3) is 0 Å². The van der Waals surface area contributed by atoms with E-state index >= 15 is 0 Å². The number of hydrazone groups is 1. The number of hydrogen-bond donors (Lipinski definition) is 1. The number of halogens is 1. The normalized spacial score (nSPS) is 15.1. The van der Waals surface area contributed by atoms with Gasteiger partial charge in [0, 0.05) is 37.2 Å². The molecule has 1 N–H and O–H groups in total. The van der Waals surface area contributed by atoms with Crippen molar-refractivity contribution in [3.8, 4) is 11.5 Å². The highest BCUT2D eigenvalue weighted by Crippen LogP contribution is 2.37. The molecule has 0 radical (unpaired) electrons. The highest BCUT2D eigenvalue weighted by atomic mass is 19.1. The topological polar surface area (TPSA) is 83.5 Å². The molecule has 2 aromatic rings. The number of carbonyl (C=O) groups excluding carboxylic acids is 2. The lowest BCUT2D eigenvalue weighted by Gasteiger charge is -2.25. The number of nitrogens with zero attached hydrogens (tertiary/aromatic N) is 3. The molecule has 176 valence electrons. The summed E-state index contributed by atoms with van der Waals surface area (Å²) in [5.41, 5.74) is 1.62. The number of hydrogen-bond acceptors (Lipinski definition) is 5. The van der Waals surface area contributed by atoms with E-state index in [-0.39, 0.29) is 12.6 Å². The van der Waals surface area contributed by atoms with E-state index in [9.17, 15) is 14.0 Å². The van der Waals surface area contributed by atoms with E-state index in [2.05, 4.69) is 10.4 Å². The first-order valence-electron chi connectivity index (χ1n) is 10.7. The fraction of sp³-hybridized carbons (Fsp3) is 0.375. The predicted molar refractivity (Wildman–Crippen MR) is 123 cm³/mol. The molecule has 8 nitrogen and oxygen atoms in total. The van der Waals surface area contributed by atoms with Gasteiger partial charge in [-0.1, -0.05) is 25.1 Å². The molecular weight excluding hydrogens is 427 g/mol. The third-order valence-electron chi connectivity index (χ3n) is 5.40. The fourth-order valence-corrected chi connectivity index (χ4v) is 3.64. The fourth-order valence-electron chi connectivity index (χ4n) is 3.64. The van der Waals surface area contributed by atoms with Crippen LogP contribution in [-0.2, 0) is 4.79 Å². The maximum Gasteiger partial charge on any atom is 0.317 e. The van der Waals surface area contributed by atoms with Crippen molar-refractivity contribution in [2.75, 3.05) is 34.4 Å². The van der Waals surface area contributed by atoms with E-state index in [0.29, 0.717) is 41.3 Å². The molecule has 1 heterocycles. The molecule has 0 aliphatic carbocycles. The van der Waals surface area contributed by atoms with E-state index in [1.807, 2.05) is 6.92 Å². The van der Waals surface area contributed by atoms with Crippen molar-refractivity contribution < 1.29 is 23.5 Å². The molecule has 33 heavy (non-hydrogen) atoms. The maximum atomic E-state index is 14.7. The number of benzene rings is 2. The van der Waals surface area contributed by atoms with Crippen molar-refractivity contribution >= 4 is 17.6 Å². The molecule has 1 atom stereocenters. The zero-order valence-electron chi connectivity index (χ0n) is 19.3. The summed E-state index contributed by atoms with van der Waals surface area (Å²) in [4.78, 5) is 26.7. The van der Waals surface area contributed by atoms with Crippen LogP contribution in [0.1, 0.15) is 36.9 Å². The highest BCUT2D eigenvalue weighted by molar-refractivity contribution is 6.05.